The molecule has 4 heteroatoms. The Morgan fingerprint density at radius 1 is 1.16 bits per heavy atom. The molecule has 0 fully saturated rings. The molecule has 1 aromatic carbocycles. The lowest BCUT2D eigenvalue weighted by atomic mass is 10.1. The number of carbonyl (C=O) groups is 1. The molecular formula is C21H18O3S. The van der Waals surface area contributed by atoms with E-state index in [-0.39, 0.29) is 5.78 Å². The molecule has 2 heterocycles. The molecule has 0 spiro atoms. The molecular weight excluding hydrogens is 332 g/mol. The monoisotopic (exact) mass is 350 g/mol. The first-order valence-electron chi connectivity index (χ1n) is 8.37. The van der Waals surface area contributed by atoms with Crippen molar-refractivity contribution in [3.63, 3.8) is 0 Å². The Morgan fingerprint density at radius 3 is 2.96 bits per heavy atom. The molecule has 0 aliphatic heterocycles. The fraction of sp³-hybridized carbons (Fsp3) is 0.190. The predicted molar refractivity (Wildman–Crippen MR) is 99.2 cm³/mol. The van der Waals surface area contributed by atoms with Gasteiger partial charge in [0.1, 0.15) is 23.9 Å². The summed E-state index contributed by atoms with van der Waals surface area (Å²) in [5.74, 6) is 2.26. The fourth-order valence-corrected chi connectivity index (χ4v) is 3.66. The van der Waals surface area contributed by atoms with Crippen LogP contribution in [0.2, 0.25) is 0 Å². The topological polar surface area (TPSA) is 39.4 Å². The quantitative estimate of drug-likeness (QED) is 0.447. The zero-order valence-electron chi connectivity index (χ0n) is 13.7. The summed E-state index contributed by atoms with van der Waals surface area (Å²) in [6, 6.07) is 13.7. The molecule has 0 N–H and O–H groups in total. The standard InChI is InChI=1S/C21H18O3S/c22-20(21-5-2-12-25-21)11-10-17-8-9-19(24-17)14-23-18-7-6-15-3-1-4-16(15)13-18/h2,5-13H,1,3-4,14H2/b11-10+. The van der Waals surface area contributed by atoms with Crippen molar-refractivity contribution in [1.82, 2.24) is 0 Å². The molecule has 0 saturated heterocycles. The number of hydrogen-bond acceptors (Lipinski definition) is 4. The Bertz CT molecular complexity index is 903. The van der Waals surface area contributed by atoms with Gasteiger partial charge >= 0.3 is 0 Å². The molecule has 3 aromatic rings. The number of hydrogen-bond donors (Lipinski definition) is 0. The average molecular weight is 350 g/mol. The summed E-state index contributed by atoms with van der Waals surface area (Å²) in [5, 5.41) is 1.89. The van der Waals surface area contributed by atoms with Gasteiger partial charge in [-0.05, 0) is 78.3 Å². The minimum atomic E-state index is -0.0117. The highest BCUT2D eigenvalue weighted by atomic mass is 32.1. The third-order valence-corrected chi connectivity index (χ3v) is 5.18. The maximum Gasteiger partial charge on any atom is 0.195 e. The largest absolute Gasteiger partial charge is 0.486 e. The van der Waals surface area contributed by atoms with Gasteiger partial charge in [-0.3, -0.25) is 4.79 Å². The van der Waals surface area contributed by atoms with Gasteiger partial charge in [0, 0.05) is 0 Å². The molecule has 0 atom stereocenters. The van der Waals surface area contributed by atoms with Crippen LogP contribution in [-0.4, -0.2) is 5.78 Å². The number of benzene rings is 1. The van der Waals surface area contributed by atoms with Crippen LogP contribution in [0.4, 0.5) is 0 Å². The van der Waals surface area contributed by atoms with E-state index >= 15 is 0 Å². The second-order valence-corrected chi connectivity index (χ2v) is 7.00. The summed E-state index contributed by atoms with van der Waals surface area (Å²) >= 11 is 1.43. The van der Waals surface area contributed by atoms with Gasteiger partial charge in [0.2, 0.25) is 0 Å². The molecule has 1 aliphatic carbocycles. The van der Waals surface area contributed by atoms with Crippen LogP contribution in [0, 0.1) is 0 Å². The number of rotatable bonds is 6. The summed E-state index contributed by atoms with van der Waals surface area (Å²) in [6.07, 6.45) is 6.78. The molecule has 4 rings (SSSR count). The van der Waals surface area contributed by atoms with Crippen molar-refractivity contribution in [2.24, 2.45) is 0 Å². The number of allylic oxidation sites excluding steroid dienone is 1. The van der Waals surface area contributed by atoms with Crippen LogP contribution < -0.4 is 4.74 Å². The third kappa shape index (κ3) is 3.74. The third-order valence-electron chi connectivity index (χ3n) is 4.30. The Balaban J connectivity index is 1.36. The maximum absolute atomic E-state index is 11.9. The molecule has 1 aliphatic rings. The summed E-state index contributed by atoms with van der Waals surface area (Å²) in [7, 11) is 0. The lowest BCUT2D eigenvalue weighted by Gasteiger charge is -2.06. The molecule has 2 aromatic heterocycles. The van der Waals surface area contributed by atoms with Gasteiger partial charge in [0.15, 0.2) is 5.78 Å². The minimum absolute atomic E-state index is 0.0117. The predicted octanol–water partition coefficient (Wildman–Crippen LogP) is 5.30. The van der Waals surface area contributed by atoms with Gasteiger partial charge in [-0.15, -0.1) is 11.3 Å². The Kier molecular flexibility index (Phi) is 4.53. The fourth-order valence-electron chi connectivity index (χ4n) is 3.01. The number of carbonyl (C=O) groups excluding carboxylic acids is 1. The van der Waals surface area contributed by atoms with E-state index in [0.717, 1.165) is 22.8 Å². The van der Waals surface area contributed by atoms with Crippen molar-refractivity contribution in [3.05, 3.63) is 81.4 Å². The highest BCUT2D eigenvalue weighted by Crippen LogP contribution is 2.26. The van der Waals surface area contributed by atoms with Crippen LogP contribution in [0.1, 0.15) is 38.7 Å². The van der Waals surface area contributed by atoms with Crippen molar-refractivity contribution in [2.75, 3.05) is 0 Å². The molecule has 0 saturated carbocycles. The number of ketones is 1. The Labute approximate surface area is 150 Å². The van der Waals surface area contributed by atoms with E-state index in [4.69, 9.17) is 9.15 Å². The van der Waals surface area contributed by atoms with Gasteiger partial charge in [0.25, 0.3) is 0 Å². The molecule has 0 bridgehead atoms. The smallest absolute Gasteiger partial charge is 0.195 e. The van der Waals surface area contributed by atoms with E-state index in [1.54, 1.807) is 6.08 Å². The normalized spacial score (nSPS) is 13.3. The molecule has 3 nitrogen and oxygen atoms in total. The van der Waals surface area contributed by atoms with Crippen molar-refractivity contribution in [1.29, 1.82) is 0 Å². The molecule has 126 valence electrons. The van der Waals surface area contributed by atoms with Crippen molar-refractivity contribution in [2.45, 2.75) is 25.9 Å². The van der Waals surface area contributed by atoms with Gasteiger partial charge < -0.3 is 9.15 Å². The number of ether oxygens (including phenoxy) is 1. The van der Waals surface area contributed by atoms with E-state index in [2.05, 4.69) is 12.1 Å². The van der Waals surface area contributed by atoms with Crippen LogP contribution in [0.25, 0.3) is 6.08 Å². The minimum Gasteiger partial charge on any atom is -0.486 e. The summed E-state index contributed by atoms with van der Waals surface area (Å²) in [5.41, 5.74) is 2.83. The lowest BCUT2D eigenvalue weighted by Crippen LogP contribution is -1.94. The van der Waals surface area contributed by atoms with Crippen LogP contribution in [0.3, 0.4) is 0 Å². The van der Waals surface area contributed by atoms with E-state index < -0.39 is 0 Å². The van der Waals surface area contributed by atoms with Crippen molar-refractivity contribution >= 4 is 23.2 Å². The van der Waals surface area contributed by atoms with Gasteiger partial charge in [-0.1, -0.05) is 12.1 Å². The highest BCUT2D eigenvalue weighted by molar-refractivity contribution is 7.12. The number of furan rings is 1. The number of aryl methyl sites for hydroxylation is 2. The van der Waals surface area contributed by atoms with E-state index in [0.29, 0.717) is 12.4 Å². The van der Waals surface area contributed by atoms with Gasteiger partial charge in [-0.2, -0.15) is 0 Å². The lowest BCUT2D eigenvalue weighted by molar-refractivity contribution is 0.105. The Morgan fingerprint density at radius 2 is 2.08 bits per heavy atom. The SMILES string of the molecule is O=C(/C=C/c1ccc(COc2ccc3c(c2)CCC3)o1)c1cccs1. The zero-order chi connectivity index (χ0) is 17.1. The van der Waals surface area contributed by atoms with Gasteiger partial charge in [0.05, 0.1) is 4.88 Å². The first-order chi connectivity index (χ1) is 12.3. The average Bonchev–Trinajstić information content (AvgIpc) is 3.39. The second-order valence-electron chi connectivity index (χ2n) is 6.05. The first-order valence-corrected chi connectivity index (χ1v) is 9.25. The van der Waals surface area contributed by atoms with Crippen LogP contribution in [0.5, 0.6) is 5.75 Å². The molecule has 0 radical (unpaired) electrons. The molecule has 0 unspecified atom stereocenters. The highest BCUT2D eigenvalue weighted by Gasteiger charge is 2.11. The van der Waals surface area contributed by atoms with Crippen molar-refractivity contribution in [3.8, 4) is 5.75 Å². The zero-order valence-corrected chi connectivity index (χ0v) is 14.6. The second kappa shape index (κ2) is 7.11. The van der Waals surface area contributed by atoms with E-state index in [1.165, 1.54) is 41.4 Å². The van der Waals surface area contributed by atoms with Crippen LogP contribution in [0.15, 0.2) is 58.3 Å². The van der Waals surface area contributed by atoms with Crippen LogP contribution >= 0.6 is 11.3 Å². The van der Waals surface area contributed by atoms with Crippen LogP contribution in [-0.2, 0) is 19.4 Å². The first kappa shape index (κ1) is 15.9. The summed E-state index contributed by atoms with van der Waals surface area (Å²) in [4.78, 5) is 12.7. The van der Waals surface area contributed by atoms with E-state index in [1.807, 2.05) is 35.7 Å². The molecule has 25 heavy (non-hydrogen) atoms. The number of fused-ring (bicyclic) bond motifs is 1. The maximum atomic E-state index is 11.9. The van der Waals surface area contributed by atoms with Crippen molar-refractivity contribution < 1.29 is 13.9 Å². The molecule has 0 amide bonds. The Hall–Kier alpha value is -2.59. The van der Waals surface area contributed by atoms with Gasteiger partial charge in [-0.25, -0.2) is 0 Å². The number of thiophene rings is 1. The summed E-state index contributed by atoms with van der Waals surface area (Å²) < 4.78 is 11.5. The van der Waals surface area contributed by atoms with E-state index in [9.17, 15) is 4.79 Å². The summed E-state index contributed by atoms with van der Waals surface area (Å²) in [6.45, 7) is 0.380.